The van der Waals surface area contributed by atoms with Crippen molar-refractivity contribution in [1.29, 1.82) is 0 Å². The van der Waals surface area contributed by atoms with Gasteiger partial charge in [0.15, 0.2) is 5.84 Å². The molecule has 1 heterocycles. The van der Waals surface area contributed by atoms with E-state index in [1.165, 1.54) is 6.42 Å². The van der Waals surface area contributed by atoms with E-state index >= 15 is 0 Å². The largest absolute Gasteiger partial charge is 0.409 e. The van der Waals surface area contributed by atoms with Gasteiger partial charge < -0.3 is 10.9 Å². The lowest BCUT2D eigenvalue weighted by molar-refractivity contribution is 0.219. The fraction of sp³-hybridized carbons (Fsp3) is 0.909. The third kappa shape index (κ3) is 2.84. The molecule has 0 aromatic heterocycles. The average molecular weight is 213 g/mol. The molecule has 0 radical (unpaired) electrons. The molecule has 2 unspecified atom stereocenters. The van der Waals surface area contributed by atoms with Crippen molar-refractivity contribution < 1.29 is 5.21 Å². The van der Waals surface area contributed by atoms with Gasteiger partial charge in [0.25, 0.3) is 0 Å². The summed E-state index contributed by atoms with van der Waals surface area (Å²) in [5.41, 5.74) is 5.96. The highest BCUT2D eigenvalue weighted by atomic mass is 16.4. The molecule has 2 atom stereocenters. The molecule has 0 bridgehead atoms. The molecule has 4 nitrogen and oxygen atoms in total. The average Bonchev–Trinajstić information content (AvgIpc) is 2.63. The molecule has 0 saturated carbocycles. The Morgan fingerprint density at radius 3 is 2.53 bits per heavy atom. The van der Waals surface area contributed by atoms with Gasteiger partial charge in [-0.2, -0.15) is 0 Å². The van der Waals surface area contributed by atoms with Gasteiger partial charge >= 0.3 is 0 Å². The van der Waals surface area contributed by atoms with Crippen molar-refractivity contribution in [2.45, 2.75) is 40.2 Å². The first-order chi connectivity index (χ1) is 6.86. The molecule has 88 valence electrons. The Kier molecular flexibility index (Phi) is 3.60. The predicted octanol–water partition coefficient (Wildman–Crippen LogP) is 1.49. The Morgan fingerprint density at radius 2 is 2.13 bits per heavy atom. The molecule has 0 spiro atoms. The van der Waals surface area contributed by atoms with Crippen molar-refractivity contribution in [3.63, 3.8) is 0 Å². The Hall–Kier alpha value is -0.770. The maximum absolute atomic E-state index is 8.63. The minimum Gasteiger partial charge on any atom is -0.409 e. The molecule has 1 aliphatic rings. The summed E-state index contributed by atoms with van der Waals surface area (Å²) in [6.07, 6.45) is 1.20. The lowest BCUT2D eigenvalue weighted by Gasteiger charge is -2.28. The number of oxime groups is 1. The molecule has 3 N–H and O–H groups in total. The molecule has 1 saturated heterocycles. The Balaban J connectivity index is 2.57. The highest BCUT2D eigenvalue weighted by molar-refractivity contribution is 5.84. The monoisotopic (exact) mass is 213 g/mol. The second kappa shape index (κ2) is 4.39. The molecule has 1 aliphatic heterocycles. The lowest BCUT2D eigenvalue weighted by atomic mass is 9.80. The van der Waals surface area contributed by atoms with E-state index in [-0.39, 0.29) is 6.04 Å². The highest BCUT2D eigenvalue weighted by Crippen LogP contribution is 2.34. The number of hydrogen-bond acceptors (Lipinski definition) is 3. The molecular formula is C11H23N3O. The molecule has 0 aromatic carbocycles. The number of rotatable bonds is 2. The third-order valence-electron chi connectivity index (χ3n) is 3.54. The van der Waals surface area contributed by atoms with Gasteiger partial charge in [-0.15, -0.1) is 0 Å². The van der Waals surface area contributed by atoms with Crippen LogP contribution >= 0.6 is 0 Å². The van der Waals surface area contributed by atoms with E-state index in [1.807, 2.05) is 6.92 Å². The number of hydrogen-bond donors (Lipinski definition) is 2. The van der Waals surface area contributed by atoms with Crippen LogP contribution in [0.25, 0.3) is 0 Å². The van der Waals surface area contributed by atoms with Crippen LogP contribution in [0, 0.1) is 11.3 Å². The molecular weight excluding hydrogens is 190 g/mol. The predicted molar refractivity (Wildman–Crippen MR) is 62.0 cm³/mol. The van der Waals surface area contributed by atoms with Crippen LogP contribution in [0.15, 0.2) is 5.16 Å². The van der Waals surface area contributed by atoms with Crippen LogP contribution in [0.1, 0.15) is 34.1 Å². The van der Waals surface area contributed by atoms with Crippen molar-refractivity contribution in [1.82, 2.24) is 4.90 Å². The summed E-state index contributed by atoms with van der Waals surface area (Å²) in [4.78, 5) is 2.28. The zero-order valence-corrected chi connectivity index (χ0v) is 10.2. The second-order valence-electron chi connectivity index (χ2n) is 5.55. The summed E-state index contributed by atoms with van der Waals surface area (Å²) in [6, 6.07) is 0.0438. The molecule has 15 heavy (non-hydrogen) atoms. The van der Waals surface area contributed by atoms with Crippen molar-refractivity contribution in [3.05, 3.63) is 0 Å². The van der Waals surface area contributed by atoms with Crippen LogP contribution in [-0.2, 0) is 0 Å². The van der Waals surface area contributed by atoms with E-state index in [0.29, 0.717) is 17.2 Å². The number of nitrogens with zero attached hydrogens (tertiary/aromatic N) is 2. The van der Waals surface area contributed by atoms with Crippen LogP contribution in [0.4, 0.5) is 0 Å². The third-order valence-corrected chi connectivity index (χ3v) is 3.54. The van der Waals surface area contributed by atoms with Crippen LogP contribution in [0.2, 0.25) is 0 Å². The zero-order chi connectivity index (χ0) is 11.6. The summed E-state index contributed by atoms with van der Waals surface area (Å²) in [5, 5.41) is 11.7. The molecule has 0 aromatic rings. The van der Waals surface area contributed by atoms with Crippen molar-refractivity contribution in [2.24, 2.45) is 22.2 Å². The van der Waals surface area contributed by atoms with Crippen LogP contribution in [0.5, 0.6) is 0 Å². The standard InChI is InChI=1S/C11H23N3O/c1-8(10(12)13-15)14-6-5-9(7-14)11(2,3)4/h8-9,15H,5-7H2,1-4H3,(H2,12,13). The van der Waals surface area contributed by atoms with E-state index < -0.39 is 0 Å². The minimum atomic E-state index is 0.0438. The molecule has 1 fully saturated rings. The van der Waals surface area contributed by atoms with Gasteiger partial charge in [0, 0.05) is 6.54 Å². The van der Waals surface area contributed by atoms with Crippen LogP contribution in [0.3, 0.4) is 0 Å². The normalized spacial score (nSPS) is 26.9. The van der Waals surface area contributed by atoms with Crippen molar-refractivity contribution >= 4 is 5.84 Å². The van der Waals surface area contributed by atoms with E-state index in [4.69, 9.17) is 10.9 Å². The summed E-state index contributed by atoms with van der Waals surface area (Å²) < 4.78 is 0. The molecule has 0 amide bonds. The fourth-order valence-electron chi connectivity index (χ4n) is 2.12. The SMILES string of the molecule is CC(C(N)=NO)N1CCC(C(C)(C)C)C1. The maximum atomic E-state index is 8.63. The summed E-state index contributed by atoms with van der Waals surface area (Å²) >= 11 is 0. The number of nitrogens with two attached hydrogens (primary N) is 1. The first kappa shape index (κ1) is 12.3. The molecule has 0 aliphatic carbocycles. The van der Waals surface area contributed by atoms with Crippen molar-refractivity contribution in [2.75, 3.05) is 13.1 Å². The lowest BCUT2D eigenvalue weighted by Crippen LogP contribution is -2.42. The summed E-state index contributed by atoms with van der Waals surface area (Å²) in [7, 11) is 0. The molecule has 1 rings (SSSR count). The topological polar surface area (TPSA) is 61.9 Å². The fourth-order valence-corrected chi connectivity index (χ4v) is 2.12. The van der Waals surface area contributed by atoms with Gasteiger partial charge in [-0.1, -0.05) is 25.9 Å². The highest BCUT2D eigenvalue weighted by Gasteiger charge is 2.34. The van der Waals surface area contributed by atoms with Crippen LogP contribution in [-0.4, -0.2) is 35.1 Å². The van der Waals surface area contributed by atoms with Gasteiger partial charge in [-0.05, 0) is 31.2 Å². The van der Waals surface area contributed by atoms with Gasteiger partial charge in [-0.25, -0.2) is 0 Å². The Labute approximate surface area is 92.1 Å². The minimum absolute atomic E-state index is 0.0438. The van der Waals surface area contributed by atoms with E-state index in [2.05, 4.69) is 30.8 Å². The van der Waals surface area contributed by atoms with Crippen molar-refractivity contribution in [3.8, 4) is 0 Å². The van der Waals surface area contributed by atoms with Crippen LogP contribution < -0.4 is 5.73 Å². The zero-order valence-electron chi connectivity index (χ0n) is 10.2. The van der Waals surface area contributed by atoms with E-state index in [9.17, 15) is 0 Å². The Bertz CT molecular complexity index is 245. The van der Waals surface area contributed by atoms with E-state index in [1.54, 1.807) is 0 Å². The smallest absolute Gasteiger partial charge is 0.156 e. The maximum Gasteiger partial charge on any atom is 0.156 e. The molecule has 4 heteroatoms. The summed E-state index contributed by atoms with van der Waals surface area (Å²) in [5.74, 6) is 1.01. The van der Waals surface area contributed by atoms with Gasteiger partial charge in [0.2, 0.25) is 0 Å². The summed E-state index contributed by atoms with van der Waals surface area (Å²) in [6.45, 7) is 10.9. The number of amidine groups is 1. The van der Waals surface area contributed by atoms with Gasteiger partial charge in [0.1, 0.15) is 0 Å². The quantitative estimate of drug-likeness (QED) is 0.316. The van der Waals surface area contributed by atoms with Gasteiger partial charge in [-0.3, -0.25) is 4.90 Å². The first-order valence-corrected chi connectivity index (χ1v) is 5.57. The first-order valence-electron chi connectivity index (χ1n) is 5.57. The second-order valence-corrected chi connectivity index (χ2v) is 5.55. The Morgan fingerprint density at radius 1 is 1.53 bits per heavy atom. The van der Waals surface area contributed by atoms with E-state index in [0.717, 1.165) is 13.1 Å². The van der Waals surface area contributed by atoms with Gasteiger partial charge in [0.05, 0.1) is 6.04 Å². The number of likely N-dealkylation sites (tertiary alicyclic amines) is 1.